The van der Waals surface area contributed by atoms with Crippen LogP contribution in [-0.2, 0) is 0 Å². The van der Waals surface area contributed by atoms with Crippen LogP contribution in [0.4, 0.5) is 5.69 Å². The van der Waals surface area contributed by atoms with Crippen molar-refractivity contribution in [2.24, 2.45) is 0 Å². The Morgan fingerprint density at radius 2 is 2.17 bits per heavy atom. The van der Waals surface area contributed by atoms with E-state index in [0.29, 0.717) is 4.90 Å². The van der Waals surface area contributed by atoms with Gasteiger partial charge in [0.15, 0.2) is 0 Å². The maximum atomic E-state index is 10.4. The highest BCUT2D eigenvalue weighted by Crippen LogP contribution is 2.25. The van der Waals surface area contributed by atoms with Crippen LogP contribution in [0, 0.1) is 10.1 Å². The predicted molar refractivity (Wildman–Crippen MR) is 43.9 cm³/mol. The number of nitro benzene ring substituents is 1. The van der Waals surface area contributed by atoms with Crippen LogP contribution < -0.4 is 4.89 Å². The van der Waals surface area contributed by atoms with Crippen molar-refractivity contribution in [2.45, 2.75) is 4.90 Å². The van der Waals surface area contributed by atoms with Crippen molar-refractivity contribution in [2.75, 3.05) is 0 Å². The van der Waals surface area contributed by atoms with E-state index < -0.39 is 4.92 Å². The minimum absolute atomic E-state index is 0.0240. The minimum Gasteiger partial charge on any atom is -0.306 e. The van der Waals surface area contributed by atoms with Crippen LogP contribution in [-0.4, -0.2) is 10.1 Å². The van der Waals surface area contributed by atoms with Gasteiger partial charge >= 0.3 is 0 Å². The molecular formula is C6H6N2O3S. The molecule has 0 aromatic heterocycles. The van der Waals surface area contributed by atoms with E-state index in [2.05, 4.69) is 0 Å². The van der Waals surface area contributed by atoms with Crippen LogP contribution in [0.2, 0.25) is 0 Å². The summed E-state index contributed by atoms with van der Waals surface area (Å²) >= 11 is 0.794. The fraction of sp³-hybridized carbons (Fsp3) is 0. The highest BCUT2D eigenvalue weighted by molar-refractivity contribution is 7.97. The summed E-state index contributed by atoms with van der Waals surface area (Å²) in [5.74, 6) is 0. The smallest absolute Gasteiger partial charge is 0.284 e. The molecule has 0 radical (unpaired) electrons. The van der Waals surface area contributed by atoms with E-state index in [1.165, 1.54) is 6.07 Å². The zero-order valence-corrected chi connectivity index (χ0v) is 6.75. The first kappa shape index (κ1) is 8.98. The molecule has 0 saturated heterocycles. The number of nitrogens with one attached hydrogen (secondary N) is 1. The van der Waals surface area contributed by atoms with Crippen molar-refractivity contribution in [1.82, 2.24) is 4.89 Å². The zero-order valence-electron chi connectivity index (χ0n) is 5.93. The number of hydrogen-bond acceptors (Lipinski definition) is 5. The number of nitro groups is 1. The molecule has 0 unspecified atom stereocenters. The molecule has 0 aliphatic carbocycles. The van der Waals surface area contributed by atoms with Crippen molar-refractivity contribution in [3.8, 4) is 0 Å². The lowest BCUT2D eigenvalue weighted by Crippen LogP contribution is -1.96. The Morgan fingerprint density at radius 1 is 1.50 bits per heavy atom. The summed E-state index contributed by atoms with van der Waals surface area (Å²) in [6.07, 6.45) is 0. The summed E-state index contributed by atoms with van der Waals surface area (Å²) in [6.45, 7) is 0. The van der Waals surface area contributed by atoms with Gasteiger partial charge < -0.3 is 5.21 Å². The lowest BCUT2D eigenvalue weighted by Gasteiger charge is -1.98. The minimum atomic E-state index is -0.500. The molecule has 0 heterocycles. The van der Waals surface area contributed by atoms with E-state index in [-0.39, 0.29) is 5.69 Å². The van der Waals surface area contributed by atoms with Crippen molar-refractivity contribution in [3.63, 3.8) is 0 Å². The second kappa shape index (κ2) is 4.05. The van der Waals surface area contributed by atoms with Crippen LogP contribution in [0.15, 0.2) is 29.2 Å². The van der Waals surface area contributed by atoms with Crippen LogP contribution in [0.1, 0.15) is 0 Å². The van der Waals surface area contributed by atoms with Gasteiger partial charge in [-0.25, -0.2) is 0 Å². The van der Waals surface area contributed by atoms with Crippen LogP contribution in [0.3, 0.4) is 0 Å². The van der Waals surface area contributed by atoms with E-state index in [9.17, 15) is 10.1 Å². The summed E-state index contributed by atoms with van der Waals surface area (Å²) in [5.41, 5.74) is -0.0240. The maximum absolute atomic E-state index is 10.4. The van der Waals surface area contributed by atoms with E-state index in [4.69, 9.17) is 5.21 Å². The van der Waals surface area contributed by atoms with Crippen LogP contribution in [0.5, 0.6) is 0 Å². The fourth-order valence-corrected chi connectivity index (χ4v) is 1.24. The van der Waals surface area contributed by atoms with Gasteiger partial charge in [-0.1, -0.05) is 12.1 Å². The molecule has 64 valence electrons. The summed E-state index contributed by atoms with van der Waals surface area (Å²) < 4.78 is 0. The first-order valence-electron chi connectivity index (χ1n) is 3.05. The van der Waals surface area contributed by atoms with Gasteiger partial charge in [0, 0.05) is 6.07 Å². The highest BCUT2D eigenvalue weighted by Gasteiger charge is 2.11. The Labute approximate surface area is 72.6 Å². The van der Waals surface area contributed by atoms with Gasteiger partial charge in [-0.2, -0.15) is 0 Å². The second-order valence-electron chi connectivity index (χ2n) is 1.92. The number of rotatable bonds is 3. The molecule has 5 nitrogen and oxygen atoms in total. The summed E-state index contributed by atoms with van der Waals surface area (Å²) in [6, 6.07) is 6.15. The van der Waals surface area contributed by atoms with Crippen LogP contribution in [0.25, 0.3) is 0 Å². The molecule has 2 N–H and O–H groups in total. The van der Waals surface area contributed by atoms with E-state index in [0.717, 1.165) is 11.9 Å². The van der Waals surface area contributed by atoms with Crippen LogP contribution >= 0.6 is 11.9 Å². The number of nitrogens with zero attached hydrogens (tertiary/aromatic N) is 1. The predicted octanol–water partition coefficient (Wildman–Crippen LogP) is 1.58. The summed E-state index contributed by atoms with van der Waals surface area (Å²) in [5, 5.41) is 18.7. The summed E-state index contributed by atoms with van der Waals surface area (Å²) in [7, 11) is 0. The number of benzene rings is 1. The molecule has 1 rings (SSSR count). The third kappa shape index (κ3) is 1.94. The van der Waals surface area contributed by atoms with E-state index in [1.807, 2.05) is 0 Å². The molecule has 0 bridgehead atoms. The molecule has 0 saturated carbocycles. The van der Waals surface area contributed by atoms with Gasteiger partial charge in [0.25, 0.3) is 5.69 Å². The molecule has 6 heteroatoms. The highest BCUT2D eigenvalue weighted by atomic mass is 32.2. The second-order valence-corrected chi connectivity index (χ2v) is 2.74. The van der Waals surface area contributed by atoms with Crippen molar-refractivity contribution in [1.29, 1.82) is 0 Å². The quantitative estimate of drug-likeness (QED) is 0.426. The van der Waals surface area contributed by atoms with Gasteiger partial charge in [-0.15, -0.1) is 4.89 Å². The molecule has 0 aliphatic rings. The normalized spacial score (nSPS) is 9.75. The van der Waals surface area contributed by atoms with Gasteiger partial charge in [-0.05, 0) is 18.0 Å². The lowest BCUT2D eigenvalue weighted by atomic mass is 10.3. The molecular weight excluding hydrogens is 180 g/mol. The van der Waals surface area contributed by atoms with E-state index in [1.54, 1.807) is 23.1 Å². The lowest BCUT2D eigenvalue weighted by molar-refractivity contribution is -0.387. The Morgan fingerprint density at radius 3 is 2.75 bits per heavy atom. The topological polar surface area (TPSA) is 75.4 Å². The molecule has 0 fully saturated rings. The van der Waals surface area contributed by atoms with Crippen molar-refractivity contribution in [3.05, 3.63) is 34.4 Å². The molecule has 1 aromatic carbocycles. The van der Waals surface area contributed by atoms with Gasteiger partial charge in [0.2, 0.25) is 0 Å². The SMILES string of the molecule is O=[N+]([O-])c1ccccc1SNO. The first-order valence-corrected chi connectivity index (χ1v) is 3.86. The molecule has 12 heavy (non-hydrogen) atoms. The molecule has 0 spiro atoms. The Balaban J connectivity index is 3.00. The number of hydrogen-bond donors (Lipinski definition) is 2. The monoisotopic (exact) mass is 186 g/mol. The third-order valence-electron chi connectivity index (χ3n) is 1.22. The molecule has 0 atom stereocenters. The summed E-state index contributed by atoms with van der Waals surface area (Å²) in [4.78, 5) is 12.1. The first-order chi connectivity index (χ1) is 5.75. The Kier molecular flexibility index (Phi) is 3.03. The van der Waals surface area contributed by atoms with E-state index >= 15 is 0 Å². The molecule has 0 amide bonds. The average molecular weight is 186 g/mol. The largest absolute Gasteiger partial charge is 0.306 e. The standard InChI is InChI=1S/C6H6N2O3S/c9-7-12-6-4-2-1-3-5(6)8(10)11/h1-4,7,9H. The molecule has 0 aliphatic heterocycles. The Bertz CT molecular complexity index is 292. The fourth-order valence-electron chi connectivity index (χ4n) is 0.743. The number of para-hydroxylation sites is 1. The Hall–Kier alpha value is -1.11. The molecule has 1 aromatic rings. The van der Waals surface area contributed by atoms with Gasteiger partial charge in [0.1, 0.15) is 4.90 Å². The zero-order chi connectivity index (χ0) is 8.97. The maximum Gasteiger partial charge on any atom is 0.284 e. The average Bonchev–Trinajstić information content (AvgIpc) is 2.05. The third-order valence-corrected chi connectivity index (χ3v) is 1.87. The van der Waals surface area contributed by atoms with Gasteiger partial charge in [0.05, 0.1) is 4.92 Å². The van der Waals surface area contributed by atoms with Crippen molar-refractivity contribution < 1.29 is 10.1 Å². The van der Waals surface area contributed by atoms with Gasteiger partial charge in [-0.3, -0.25) is 10.1 Å². The van der Waals surface area contributed by atoms with Crippen molar-refractivity contribution >= 4 is 17.6 Å².